The number of benzene rings is 2. The topological polar surface area (TPSA) is 75.7 Å². The van der Waals surface area contributed by atoms with Crippen LogP contribution < -0.4 is 10.9 Å². The third-order valence-corrected chi connectivity index (χ3v) is 4.23. The van der Waals surface area contributed by atoms with Crippen LogP contribution in [0, 0.1) is 0 Å². The van der Waals surface area contributed by atoms with Crippen molar-refractivity contribution in [3.63, 3.8) is 0 Å². The standard InChI is InChI=1S/C18H9N3O2/c22-9-3-4-13-12(8-9)10-5-7-20-16-14(10)17(21-13)18(23)11-2-1-6-19-15(11)16/h1-8,19H. The molecule has 23 heavy (non-hydrogen) atoms. The first-order chi connectivity index (χ1) is 11.2. The minimum atomic E-state index is -0.129. The highest BCUT2D eigenvalue weighted by Gasteiger charge is 2.16. The molecule has 3 aromatic heterocycles. The van der Waals surface area contributed by atoms with E-state index in [4.69, 9.17) is 0 Å². The molecule has 3 heterocycles. The highest BCUT2D eigenvalue weighted by Crippen LogP contribution is 2.31. The highest BCUT2D eigenvalue weighted by molar-refractivity contribution is 6.23. The molecule has 108 valence electrons. The smallest absolute Gasteiger partial charge is 0.214 e. The Labute approximate surface area is 128 Å². The van der Waals surface area contributed by atoms with Crippen molar-refractivity contribution in [2.75, 3.05) is 0 Å². The third-order valence-electron chi connectivity index (χ3n) is 4.23. The third kappa shape index (κ3) is 1.51. The molecule has 1 N–H and O–H groups in total. The maximum absolute atomic E-state index is 12.8. The van der Waals surface area contributed by atoms with Gasteiger partial charge < -0.3 is 4.98 Å². The van der Waals surface area contributed by atoms with E-state index >= 15 is 0 Å². The molecule has 0 bridgehead atoms. The summed E-state index contributed by atoms with van der Waals surface area (Å²) >= 11 is 0. The maximum Gasteiger partial charge on any atom is 0.214 e. The Morgan fingerprint density at radius 2 is 1.83 bits per heavy atom. The minimum absolute atomic E-state index is 0.0814. The fraction of sp³-hybridized carbons (Fsp3) is 0. The second-order valence-corrected chi connectivity index (χ2v) is 5.51. The van der Waals surface area contributed by atoms with Crippen molar-refractivity contribution in [2.24, 2.45) is 0 Å². The molecule has 0 radical (unpaired) electrons. The monoisotopic (exact) mass is 299 g/mol. The molecular formula is C18H9N3O2. The van der Waals surface area contributed by atoms with Gasteiger partial charge in [0, 0.05) is 28.6 Å². The summed E-state index contributed by atoms with van der Waals surface area (Å²) in [6, 6.07) is 10.1. The van der Waals surface area contributed by atoms with Gasteiger partial charge in [0.05, 0.1) is 16.6 Å². The SMILES string of the molecule is O=c1ccc2nc3c(=O)c4ccc[nH]c4c4nccc(c2c1)c34. The van der Waals surface area contributed by atoms with E-state index in [1.807, 2.05) is 6.07 Å². The van der Waals surface area contributed by atoms with Crippen LogP contribution in [-0.4, -0.2) is 15.0 Å². The van der Waals surface area contributed by atoms with Crippen LogP contribution in [0.5, 0.6) is 0 Å². The number of hydrogen-bond acceptors (Lipinski definition) is 4. The van der Waals surface area contributed by atoms with E-state index in [-0.39, 0.29) is 10.9 Å². The van der Waals surface area contributed by atoms with E-state index in [0.29, 0.717) is 32.8 Å². The molecule has 0 atom stereocenters. The van der Waals surface area contributed by atoms with Crippen molar-refractivity contribution in [1.82, 2.24) is 15.0 Å². The molecule has 0 saturated carbocycles. The van der Waals surface area contributed by atoms with Crippen molar-refractivity contribution in [3.8, 4) is 0 Å². The van der Waals surface area contributed by atoms with Crippen LogP contribution in [0.1, 0.15) is 0 Å². The van der Waals surface area contributed by atoms with Gasteiger partial charge in [-0.15, -0.1) is 0 Å². The molecule has 0 fully saturated rings. The van der Waals surface area contributed by atoms with Gasteiger partial charge in [0.2, 0.25) is 5.43 Å². The molecule has 2 aromatic carbocycles. The van der Waals surface area contributed by atoms with Gasteiger partial charge in [-0.1, -0.05) is 0 Å². The lowest BCUT2D eigenvalue weighted by molar-refractivity contribution is 1.37. The number of aromatic nitrogens is 3. The minimum Gasteiger partial charge on any atom is -0.359 e. The Balaban J connectivity index is 2.25. The summed E-state index contributed by atoms with van der Waals surface area (Å²) in [4.78, 5) is 36.6. The van der Waals surface area contributed by atoms with E-state index in [0.717, 1.165) is 10.8 Å². The van der Waals surface area contributed by atoms with Gasteiger partial charge in [-0.2, -0.15) is 0 Å². The zero-order valence-electron chi connectivity index (χ0n) is 11.8. The highest BCUT2D eigenvalue weighted by atomic mass is 16.1. The fourth-order valence-electron chi connectivity index (χ4n) is 3.23. The number of nitrogens with one attached hydrogen (secondary N) is 1. The lowest BCUT2D eigenvalue weighted by Crippen LogP contribution is -2.08. The molecule has 0 spiro atoms. The molecule has 0 aliphatic rings. The molecule has 5 rings (SSSR count). The average molecular weight is 299 g/mol. The van der Waals surface area contributed by atoms with Crippen molar-refractivity contribution in [1.29, 1.82) is 0 Å². The largest absolute Gasteiger partial charge is 0.359 e. The lowest BCUT2D eigenvalue weighted by atomic mass is 10.0. The number of rotatable bonds is 0. The van der Waals surface area contributed by atoms with E-state index in [2.05, 4.69) is 15.0 Å². The molecule has 0 amide bonds. The summed E-state index contributed by atoms with van der Waals surface area (Å²) in [6.07, 6.45) is 3.46. The number of aromatic amines is 1. The van der Waals surface area contributed by atoms with Gasteiger partial charge in [0.25, 0.3) is 0 Å². The van der Waals surface area contributed by atoms with Gasteiger partial charge in [-0.25, -0.2) is 4.98 Å². The number of pyridine rings is 3. The fourth-order valence-corrected chi connectivity index (χ4v) is 3.23. The van der Waals surface area contributed by atoms with Gasteiger partial charge in [0.1, 0.15) is 5.52 Å². The van der Waals surface area contributed by atoms with Crippen LogP contribution in [0.25, 0.3) is 43.6 Å². The molecule has 5 aromatic rings. The van der Waals surface area contributed by atoms with E-state index in [1.165, 1.54) is 6.07 Å². The molecule has 5 heteroatoms. The molecule has 5 nitrogen and oxygen atoms in total. The van der Waals surface area contributed by atoms with Crippen LogP contribution in [-0.2, 0) is 0 Å². The van der Waals surface area contributed by atoms with Crippen LogP contribution in [0.2, 0.25) is 0 Å². The summed E-state index contributed by atoms with van der Waals surface area (Å²) in [5.74, 6) is 0. The molecule has 0 aliphatic heterocycles. The van der Waals surface area contributed by atoms with Crippen molar-refractivity contribution in [2.45, 2.75) is 0 Å². The predicted octanol–water partition coefficient (Wildman–Crippen LogP) is 2.58. The number of hydrogen-bond donors (Lipinski definition) is 1. The first-order valence-electron chi connectivity index (χ1n) is 7.19. The zero-order chi connectivity index (χ0) is 15.6. The summed E-state index contributed by atoms with van der Waals surface area (Å²) < 4.78 is 0. The maximum atomic E-state index is 12.8. The van der Waals surface area contributed by atoms with E-state index in [1.54, 1.807) is 36.7 Å². The summed E-state index contributed by atoms with van der Waals surface area (Å²) in [7, 11) is 0. The van der Waals surface area contributed by atoms with Gasteiger partial charge >= 0.3 is 0 Å². The van der Waals surface area contributed by atoms with Gasteiger partial charge in [0.15, 0.2) is 5.43 Å². The van der Waals surface area contributed by atoms with Crippen LogP contribution >= 0.6 is 0 Å². The second-order valence-electron chi connectivity index (χ2n) is 5.51. The van der Waals surface area contributed by atoms with Crippen LogP contribution in [0.4, 0.5) is 0 Å². The number of nitrogens with zero attached hydrogens (tertiary/aromatic N) is 2. The Morgan fingerprint density at radius 3 is 2.74 bits per heavy atom. The quantitative estimate of drug-likeness (QED) is 0.352. The summed E-state index contributed by atoms with van der Waals surface area (Å²) in [5, 5.41) is 2.83. The Morgan fingerprint density at radius 1 is 0.913 bits per heavy atom. The second kappa shape index (κ2) is 4.10. The molecular weight excluding hydrogens is 290 g/mol. The Hall–Kier alpha value is -3.34. The molecule has 0 aliphatic carbocycles. The summed E-state index contributed by atoms with van der Waals surface area (Å²) in [5.41, 5.74) is 2.20. The first kappa shape index (κ1) is 12.2. The van der Waals surface area contributed by atoms with E-state index in [9.17, 15) is 9.59 Å². The van der Waals surface area contributed by atoms with Crippen molar-refractivity contribution < 1.29 is 0 Å². The van der Waals surface area contributed by atoms with Crippen LogP contribution in [0.3, 0.4) is 0 Å². The molecule has 0 saturated heterocycles. The van der Waals surface area contributed by atoms with Crippen molar-refractivity contribution >= 4 is 43.6 Å². The lowest BCUT2D eigenvalue weighted by Gasteiger charge is -2.09. The van der Waals surface area contributed by atoms with Crippen molar-refractivity contribution in [3.05, 3.63) is 69.2 Å². The normalized spacial score (nSPS) is 11.8. The number of fused-ring (bicyclic) bond motifs is 4. The Bertz CT molecular complexity index is 1360. The predicted molar refractivity (Wildman–Crippen MR) is 90.1 cm³/mol. The molecule has 0 unspecified atom stereocenters. The Kier molecular flexibility index (Phi) is 2.18. The average Bonchev–Trinajstić information content (AvgIpc) is 2.59. The van der Waals surface area contributed by atoms with E-state index < -0.39 is 0 Å². The first-order valence-corrected chi connectivity index (χ1v) is 7.19. The van der Waals surface area contributed by atoms with Gasteiger partial charge in [-0.05, 0) is 41.8 Å². The number of H-pyrrole nitrogens is 1. The zero-order valence-corrected chi connectivity index (χ0v) is 11.8. The summed E-state index contributed by atoms with van der Waals surface area (Å²) in [6.45, 7) is 0. The van der Waals surface area contributed by atoms with Gasteiger partial charge in [-0.3, -0.25) is 14.6 Å². The van der Waals surface area contributed by atoms with Crippen LogP contribution in [0.15, 0.2) is 58.4 Å².